The summed E-state index contributed by atoms with van der Waals surface area (Å²) in [6.45, 7) is 2.01. The third-order valence-corrected chi connectivity index (χ3v) is 5.20. The van der Waals surface area contributed by atoms with E-state index in [2.05, 4.69) is 10.6 Å². The number of nitrogens with zero attached hydrogens (tertiary/aromatic N) is 1. The van der Waals surface area contributed by atoms with Crippen molar-refractivity contribution in [3.05, 3.63) is 53.1 Å². The van der Waals surface area contributed by atoms with E-state index in [-0.39, 0.29) is 5.54 Å². The predicted molar refractivity (Wildman–Crippen MR) is 106 cm³/mol. The average Bonchev–Trinajstić information content (AvgIpc) is 2.66. The van der Waals surface area contributed by atoms with Crippen LogP contribution in [0.25, 0.3) is 0 Å². The number of amidine groups is 1. The number of aliphatic imine (C=N–C) groups is 1. The monoisotopic (exact) mass is 371 g/mol. The van der Waals surface area contributed by atoms with Crippen molar-refractivity contribution < 1.29 is 9.47 Å². The van der Waals surface area contributed by atoms with Gasteiger partial charge in [0, 0.05) is 37.1 Å². The van der Waals surface area contributed by atoms with Crippen LogP contribution in [0.3, 0.4) is 0 Å². The molecule has 0 aromatic heterocycles. The Bertz CT molecular complexity index is 832. The number of methoxy groups -OCH3 is 1. The predicted octanol–water partition coefficient (Wildman–Crippen LogP) is 4.33. The van der Waals surface area contributed by atoms with Crippen molar-refractivity contribution in [2.45, 2.75) is 24.9 Å². The van der Waals surface area contributed by atoms with Crippen LogP contribution < -0.4 is 15.4 Å². The second kappa shape index (κ2) is 7.17. The number of halogens is 1. The number of ether oxygens (including phenoxy) is 2. The number of nitrogens with one attached hydrogen (secondary N) is 2. The van der Waals surface area contributed by atoms with Gasteiger partial charge in [0.25, 0.3) is 0 Å². The van der Waals surface area contributed by atoms with Gasteiger partial charge in [0.05, 0.1) is 30.6 Å². The Kier molecular flexibility index (Phi) is 4.74. The standard InChI is InChI=1S/C20H22ClN3O2/c1-25-16-5-6-17-18(12-16)24-20(7-9-26-10-8-20)19(23-17)22-13-14-3-2-4-15(21)11-14/h2-6,11-12,24H,7-10,13H2,1H3,(H,22,23). The van der Waals surface area contributed by atoms with Crippen LogP contribution in [0.15, 0.2) is 47.5 Å². The number of rotatable bonds is 3. The topological polar surface area (TPSA) is 54.9 Å². The van der Waals surface area contributed by atoms with Gasteiger partial charge < -0.3 is 20.1 Å². The molecular formula is C20H22ClN3O2. The summed E-state index contributed by atoms with van der Waals surface area (Å²) < 4.78 is 11.0. The van der Waals surface area contributed by atoms with Crippen LogP contribution in [0.1, 0.15) is 18.4 Å². The maximum Gasteiger partial charge on any atom is 0.127 e. The number of benzene rings is 2. The minimum atomic E-state index is -0.240. The van der Waals surface area contributed by atoms with Crippen LogP contribution in [-0.2, 0) is 11.3 Å². The quantitative estimate of drug-likeness (QED) is 0.843. The van der Waals surface area contributed by atoms with E-state index < -0.39 is 0 Å². The molecule has 2 aliphatic rings. The second-order valence-corrected chi connectivity index (χ2v) is 7.09. The SMILES string of the molecule is COc1ccc2c(c1)NC1(CCOCC1)C(=NCc1cccc(Cl)c1)N2. The molecule has 0 amide bonds. The van der Waals surface area contributed by atoms with E-state index >= 15 is 0 Å². The third kappa shape index (κ3) is 3.37. The molecule has 1 fully saturated rings. The minimum Gasteiger partial charge on any atom is -0.497 e. The number of hydrogen-bond acceptors (Lipinski definition) is 4. The van der Waals surface area contributed by atoms with E-state index in [0.717, 1.165) is 46.4 Å². The van der Waals surface area contributed by atoms with E-state index in [9.17, 15) is 0 Å². The first-order valence-corrected chi connectivity index (χ1v) is 9.17. The molecule has 136 valence electrons. The zero-order valence-electron chi connectivity index (χ0n) is 14.7. The van der Waals surface area contributed by atoms with Crippen LogP contribution in [-0.4, -0.2) is 31.7 Å². The van der Waals surface area contributed by atoms with Gasteiger partial charge in [-0.1, -0.05) is 23.7 Å². The summed E-state index contributed by atoms with van der Waals surface area (Å²) >= 11 is 6.10. The highest BCUT2D eigenvalue weighted by Crippen LogP contribution is 2.38. The molecule has 26 heavy (non-hydrogen) atoms. The molecule has 0 saturated carbocycles. The fourth-order valence-corrected chi connectivity index (χ4v) is 3.72. The molecule has 2 heterocycles. The Labute approximate surface area is 158 Å². The highest BCUT2D eigenvalue weighted by atomic mass is 35.5. The van der Waals surface area contributed by atoms with Crippen molar-refractivity contribution >= 4 is 28.8 Å². The molecule has 0 atom stereocenters. The Morgan fingerprint density at radius 2 is 2.00 bits per heavy atom. The van der Waals surface area contributed by atoms with Crippen LogP contribution in [0, 0.1) is 0 Å². The lowest BCUT2D eigenvalue weighted by Crippen LogP contribution is -2.55. The summed E-state index contributed by atoms with van der Waals surface area (Å²) in [6.07, 6.45) is 1.73. The van der Waals surface area contributed by atoms with Crippen molar-refractivity contribution in [3.63, 3.8) is 0 Å². The van der Waals surface area contributed by atoms with Gasteiger partial charge in [0.2, 0.25) is 0 Å². The van der Waals surface area contributed by atoms with Crippen LogP contribution in [0.5, 0.6) is 5.75 Å². The highest BCUT2D eigenvalue weighted by molar-refractivity contribution is 6.30. The van der Waals surface area contributed by atoms with Gasteiger partial charge in [-0.3, -0.25) is 4.99 Å². The maximum absolute atomic E-state index is 6.10. The first kappa shape index (κ1) is 17.2. The minimum absolute atomic E-state index is 0.240. The van der Waals surface area contributed by atoms with E-state index in [0.29, 0.717) is 19.8 Å². The zero-order chi connectivity index (χ0) is 18.0. The van der Waals surface area contributed by atoms with E-state index in [4.69, 9.17) is 26.1 Å². The van der Waals surface area contributed by atoms with Crippen LogP contribution >= 0.6 is 11.6 Å². The summed E-state index contributed by atoms with van der Waals surface area (Å²) in [5.41, 5.74) is 2.89. The molecule has 1 saturated heterocycles. The second-order valence-electron chi connectivity index (χ2n) is 6.65. The molecule has 0 radical (unpaired) electrons. The molecule has 2 aliphatic heterocycles. The first-order valence-electron chi connectivity index (χ1n) is 8.79. The lowest BCUT2D eigenvalue weighted by Gasteiger charge is -2.43. The van der Waals surface area contributed by atoms with E-state index in [1.165, 1.54) is 0 Å². The number of hydrogen-bond donors (Lipinski definition) is 2. The Morgan fingerprint density at radius 3 is 2.77 bits per heavy atom. The van der Waals surface area contributed by atoms with Gasteiger partial charge in [-0.2, -0.15) is 0 Å². The third-order valence-electron chi connectivity index (χ3n) is 4.96. The normalized spacial score (nSPS) is 19.5. The Balaban J connectivity index is 1.67. The van der Waals surface area contributed by atoms with Crippen molar-refractivity contribution in [2.75, 3.05) is 31.0 Å². The fraction of sp³-hybridized carbons (Fsp3) is 0.350. The van der Waals surface area contributed by atoms with Crippen molar-refractivity contribution in [1.82, 2.24) is 0 Å². The van der Waals surface area contributed by atoms with Gasteiger partial charge in [-0.15, -0.1) is 0 Å². The first-order chi connectivity index (χ1) is 12.7. The maximum atomic E-state index is 6.10. The molecular weight excluding hydrogens is 350 g/mol. The lowest BCUT2D eigenvalue weighted by molar-refractivity contribution is 0.0778. The molecule has 4 rings (SSSR count). The van der Waals surface area contributed by atoms with Gasteiger partial charge in [0.15, 0.2) is 0 Å². The van der Waals surface area contributed by atoms with Gasteiger partial charge in [-0.25, -0.2) is 0 Å². The smallest absolute Gasteiger partial charge is 0.127 e. The van der Waals surface area contributed by atoms with Gasteiger partial charge in [-0.05, 0) is 29.8 Å². The summed E-state index contributed by atoms with van der Waals surface area (Å²) in [5, 5.41) is 7.97. The average molecular weight is 372 g/mol. The molecule has 0 unspecified atom stereocenters. The summed E-state index contributed by atoms with van der Waals surface area (Å²) in [5.74, 6) is 1.79. The highest BCUT2D eigenvalue weighted by Gasteiger charge is 2.41. The van der Waals surface area contributed by atoms with E-state index in [1.54, 1.807) is 7.11 Å². The molecule has 2 aromatic carbocycles. The van der Waals surface area contributed by atoms with Crippen molar-refractivity contribution in [3.8, 4) is 5.75 Å². The lowest BCUT2D eigenvalue weighted by atomic mass is 9.86. The van der Waals surface area contributed by atoms with Gasteiger partial charge >= 0.3 is 0 Å². The van der Waals surface area contributed by atoms with Gasteiger partial charge in [0.1, 0.15) is 11.6 Å². The molecule has 1 spiro atoms. The summed E-state index contributed by atoms with van der Waals surface area (Å²) in [6, 6.07) is 13.8. The number of anilines is 2. The fourth-order valence-electron chi connectivity index (χ4n) is 3.51. The molecule has 5 nitrogen and oxygen atoms in total. The zero-order valence-corrected chi connectivity index (χ0v) is 15.5. The van der Waals surface area contributed by atoms with E-state index in [1.807, 2.05) is 42.5 Å². The summed E-state index contributed by atoms with van der Waals surface area (Å²) in [4.78, 5) is 4.91. The molecule has 2 aromatic rings. The molecule has 2 N–H and O–H groups in total. The summed E-state index contributed by atoms with van der Waals surface area (Å²) in [7, 11) is 1.68. The van der Waals surface area contributed by atoms with Crippen molar-refractivity contribution in [2.24, 2.45) is 4.99 Å². The van der Waals surface area contributed by atoms with Crippen LogP contribution in [0.4, 0.5) is 11.4 Å². The van der Waals surface area contributed by atoms with Crippen LogP contribution in [0.2, 0.25) is 5.02 Å². The van der Waals surface area contributed by atoms with Crippen molar-refractivity contribution in [1.29, 1.82) is 0 Å². The largest absolute Gasteiger partial charge is 0.497 e. The molecule has 0 bridgehead atoms. The molecule has 6 heteroatoms. The number of fused-ring (bicyclic) bond motifs is 1. The molecule has 0 aliphatic carbocycles. The Morgan fingerprint density at radius 1 is 1.15 bits per heavy atom. The Hall–Kier alpha value is -2.24.